The van der Waals surface area contributed by atoms with Crippen LogP contribution in [0.1, 0.15) is 11.4 Å². The number of nitrogens with one attached hydrogen (secondary N) is 2. The minimum absolute atomic E-state index is 0.135. The highest BCUT2D eigenvalue weighted by Crippen LogP contribution is 2.23. The van der Waals surface area contributed by atoms with Crippen molar-refractivity contribution in [1.82, 2.24) is 25.0 Å². The van der Waals surface area contributed by atoms with Gasteiger partial charge in [0, 0.05) is 35.9 Å². The van der Waals surface area contributed by atoms with E-state index in [4.69, 9.17) is 11.6 Å². The predicted molar refractivity (Wildman–Crippen MR) is 109 cm³/mol. The van der Waals surface area contributed by atoms with E-state index in [9.17, 15) is 4.79 Å². The lowest BCUT2D eigenvalue weighted by atomic mass is 10.2. The fourth-order valence-corrected chi connectivity index (χ4v) is 3.44. The van der Waals surface area contributed by atoms with Crippen molar-refractivity contribution < 1.29 is 4.79 Å². The van der Waals surface area contributed by atoms with E-state index in [0.717, 1.165) is 35.0 Å². The van der Waals surface area contributed by atoms with Gasteiger partial charge in [0.1, 0.15) is 0 Å². The van der Waals surface area contributed by atoms with Gasteiger partial charge in [0.15, 0.2) is 11.6 Å². The van der Waals surface area contributed by atoms with Gasteiger partial charge in [-0.3, -0.25) is 0 Å². The molecule has 0 saturated carbocycles. The van der Waals surface area contributed by atoms with Gasteiger partial charge in [-0.1, -0.05) is 23.7 Å². The third-order valence-corrected chi connectivity index (χ3v) is 4.95. The molecule has 8 heteroatoms. The molecule has 4 rings (SSSR count). The van der Waals surface area contributed by atoms with Crippen molar-refractivity contribution in [2.45, 2.75) is 19.6 Å². The molecule has 1 aromatic heterocycles. The van der Waals surface area contributed by atoms with Crippen molar-refractivity contribution in [3.05, 3.63) is 64.9 Å². The molecule has 28 heavy (non-hydrogen) atoms. The molecule has 1 aliphatic heterocycles. The van der Waals surface area contributed by atoms with Crippen LogP contribution in [-0.2, 0) is 19.6 Å². The molecule has 1 aliphatic rings. The lowest BCUT2D eigenvalue weighted by molar-refractivity contribution is 0.196. The molecule has 0 aliphatic carbocycles. The molecule has 2 amide bonds. The summed E-state index contributed by atoms with van der Waals surface area (Å²) in [5.41, 5.74) is 2.86. The number of hydrogen-bond donors (Lipinski definition) is 2. The first-order chi connectivity index (χ1) is 13.6. The van der Waals surface area contributed by atoms with Gasteiger partial charge in [0.2, 0.25) is 0 Å². The zero-order valence-corrected chi connectivity index (χ0v) is 16.3. The summed E-state index contributed by atoms with van der Waals surface area (Å²) in [6.45, 7) is 2.41. The summed E-state index contributed by atoms with van der Waals surface area (Å²) in [7, 11) is 1.90. The van der Waals surface area contributed by atoms with E-state index < -0.39 is 0 Å². The van der Waals surface area contributed by atoms with Gasteiger partial charge < -0.3 is 20.1 Å². The van der Waals surface area contributed by atoms with Gasteiger partial charge in [-0.05, 0) is 49.0 Å². The standard InChI is InChI=1S/C20H21ClN6O/c1-22-12-14-3-2-4-17(11-14)23-20(28)26-9-10-27-18(13-26)24-25-19(27)15-5-7-16(21)8-6-15/h2-8,11,22H,9-10,12-13H2,1H3,(H,23,28). The third-order valence-electron chi connectivity index (χ3n) is 4.70. The summed E-state index contributed by atoms with van der Waals surface area (Å²) >= 11 is 5.97. The van der Waals surface area contributed by atoms with Crippen molar-refractivity contribution >= 4 is 23.3 Å². The monoisotopic (exact) mass is 396 g/mol. The summed E-state index contributed by atoms with van der Waals surface area (Å²) in [5, 5.41) is 15.4. The van der Waals surface area contributed by atoms with Crippen LogP contribution in [0.5, 0.6) is 0 Å². The lowest BCUT2D eigenvalue weighted by Gasteiger charge is -2.28. The fourth-order valence-electron chi connectivity index (χ4n) is 3.31. The van der Waals surface area contributed by atoms with Gasteiger partial charge in [-0.25, -0.2) is 4.79 Å². The maximum absolute atomic E-state index is 12.7. The van der Waals surface area contributed by atoms with E-state index >= 15 is 0 Å². The van der Waals surface area contributed by atoms with Crippen LogP contribution in [0.3, 0.4) is 0 Å². The van der Waals surface area contributed by atoms with Crippen LogP contribution in [0, 0.1) is 0 Å². The minimum Gasteiger partial charge on any atom is -0.316 e. The van der Waals surface area contributed by atoms with Crippen LogP contribution in [0.4, 0.5) is 10.5 Å². The highest BCUT2D eigenvalue weighted by molar-refractivity contribution is 6.30. The number of benzene rings is 2. The average molecular weight is 397 g/mol. The second-order valence-electron chi connectivity index (χ2n) is 6.68. The zero-order valence-electron chi connectivity index (χ0n) is 15.5. The molecule has 2 aromatic carbocycles. The molecule has 3 aromatic rings. The second kappa shape index (κ2) is 8.00. The number of nitrogens with zero attached hydrogens (tertiary/aromatic N) is 4. The number of carbonyl (C=O) groups excluding carboxylic acids is 1. The van der Waals surface area contributed by atoms with Gasteiger partial charge >= 0.3 is 6.03 Å². The van der Waals surface area contributed by atoms with Crippen LogP contribution in [0.15, 0.2) is 48.5 Å². The number of anilines is 1. The second-order valence-corrected chi connectivity index (χ2v) is 7.12. The SMILES string of the molecule is CNCc1cccc(NC(=O)N2CCn3c(nnc3-c3ccc(Cl)cc3)C2)c1. The van der Waals surface area contributed by atoms with Crippen LogP contribution in [0.2, 0.25) is 5.02 Å². The van der Waals surface area contributed by atoms with Crippen LogP contribution in [-0.4, -0.2) is 39.3 Å². The topological polar surface area (TPSA) is 75.1 Å². The first-order valence-corrected chi connectivity index (χ1v) is 9.49. The maximum atomic E-state index is 12.7. The van der Waals surface area contributed by atoms with Crippen molar-refractivity contribution in [2.75, 3.05) is 18.9 Å². The largest absolute Gasteiger partial charge is 0.322 e. The molecule has 0 saturated heterocycles. The number of rotatable bonds is 4. The predicted octanol–water partition coefficient (Wildman–Crippen LogP) is 3.37. The van der Waals surface area contributed by atoms with Gasteiger partial charge in [0.25, 0.3) is 0 Å². The fraction of sp³-hybridized carbons (Fsp3) is 0.250. The number of hydrogen-bond acceptors (Lipinski definition) is 4. The number of carbonyl (C=O) groups is 1. The number of amides is 2. The molecule has 2 heterocycles. The Balaban J connectivity index is 1.46. The van der Waals surface area contributed by atoms with E-state index in [0.29, 0.717) is 24.7 Å². The first kappa shape index (κ1) is 18.5. The lowest BCUT2D eigenvalue weighted by Crippen LogP contribution is -2.41. The summed E-state index contributed by atoms with van der Waals surface area (Å²) in [5.74, 6) is 1.57. The van der Waals surface area contributed by atoms with Crippen molar-refractivity contribution in [2.24, 2.45) is 0 Å². The number of fused-ring (bicyclic) bond motifs is 1. The Morgan fingerprint density at radius 2 is 1.96 bits per heavy atom. The number of halogens is 1. The van der Waals surface area contributed by atoms with E-state index in [1.165, 1.54) is 0 Å². The molecule has 0 bridgehead atoms. The molecular weight excluding hydrogens is 376 g/mol. The molecule has 0 spiro atoms. The molecule has 0 radical (unpaired) electrons. The van der Waals surface area contributed by atoms with Gasteiger partial charge in [-0.15, -0.1) is 10.2 Å². The highest BCUT2D eigenvalue weighted by atomic mass is 35.5. The Morgan fingerprint density at radius 3 is 2.75 bits per heavy atom. The molecule has 0 unspecified atom stereocenters. The number of aromatic nitrogens is 3. The molecule has 2 N–H and O–H groups in total. The maximum Gasteiger partial charge on any atom is 0.322 e. The van der Waals surface area contributed by atoms with Crippen molar-refractivity contribution in [3.63, 3.8) is 0 Å². The van der Waals surface area contributed by atoms with E-state index in [1.54, 1.807) is 4.90 Å². The van der Waals surface area contributed by atoms with Gasteiger partial charge in [0.05, 0.1) is 6.54 Å². The normalized spacial score (nSPS) is 13.3. The van der Waals surface area contributed by atoms with Crippen LogP contribution in [0.25, 0.3) is 11.4 Å². The van der Waals surface area contributed by atoms with Crippen molar-refractivity contribution in [1.29, 1.82) is 0 Å². The molecule has 144 valence electrons. The van der Waals surface area contributed by atoms with E-state index in [2.05, 4.69) is 25.4 Å². The van der Waals surface area contributed by atoms with Crippen molar-refractivity contribution in [3.8, 4) is 11.4 Å². The summed E-state index contributed by atoms with van der Waals surface area (Å²) in [6.07, 6.45) is 0. The Kier molecular flexibility index (Phi) is 5.27. The summed E-state index contributed by atoms with van der Waals surface area (Å²) < 4.78 is 2.06. The Morgan fingerprint density at radius 1 is 1.14 bits per heavy atom. The smallest absolute Gasteiger partial charge is 0.316 e. The highest BCUT2D eigenvalue weighted by Gasteiger charge is 2.25. The summed E-state index contributed by atoms with van der Waals surface area (Å²) in [4.78, 5) is 14.4. The Labute approximate surface area is 168 Å². The zero-order chi connectivity index (χ0) is 19.5. The third kappa shape index (κ3) is 3.85. The average Bonchev–Trinajstić information content (AvgIpc) is 3.12. The van der Waals surface area contributed by atoms with E-state index in [1.807, 2.05) is 55.6 Å². The molecule has 0 atom stereocenters. The van der Waals surface area contributed by atoms with E-state index in [-0.39, 0.29) is 6.03 Å². The molecule has 0 fully saturated rings. The Bertz CT molecular complexity index is 985. The molecular formula is C20H21ClN6O. The quantitative estimate of drug-likeness (QED) is 0.709. The molecule has 7 nitrogen and oxygen atoms in total. The first-order valence-electron chi connectivity index (χ1n) is 9.11. The Hall–Kier alpha value is -2.90. The summed E-state index contributed by atoms with van der Waals surface area (Å²) in [6, 6.07) is 15.2. The minimum atomic E-state index is -0.135. The van der Waals surface area contributed by atoms with Crippen LogP contribution >= 0.6 is 11.6 Å². The number of urea groups is 1. The van der Waals surface area contributed by atoms with Crippen LogP contribution < -0.4 is 10.6 Å². The van der Waals surface area contributed by atoms with Gasteiger partial charge in [-0.2, -0.15) is 0 Å².